The van der Waals surface area contributed by atoms with Crippen LogP contribution < -0.4 is 5.73 Å². The molecule has 0 bridgehead atoms. The molecule has 0 amide bonds. The van der Waals surface area contributed by atoms with Gasteiger partial charge in [0.1, 0.15) is 5.82 Å². The molecule has 1 heterocycles. The van der Waals surface area contributed by atoms with Gasteiger partial charge in [0.25, 0.3) is 0 Å². The highest BCUT2D eigenvalue weighted by molar-refractivity contribution is 5.61. The number of benzene rings is 1. The molecule has 0 unspecified atom stereocenters. The summed E-state index contributed by atoms with van der Waals surface area (Å²) in [5.41, 5.74) is 11.1. The van der Waals surface area contributed by atoms with Gasteiger partial charge in [0.2, 0.25) is 0 Å². The van der Waals surface area contributed by atoms with Crippen molar-refractivity contribution in [3.63, 3.8) is 0 Å². The molecule has 1 aromatic carbocycles. The minimum atomic E-state index is 0.446. The maximum absolute atomic E-state index is 5.64. The van der Waals surface area contributed by atoms with E-state index in [1.807, 2.05) is 13.0 Å². The van der Waals surface area contributed by atoms with Crippen molar-refractivity contribution in [3.8, 4) is 11.3 Å². The van der Waals surface area contributed by atoms with Crippen LogP contribution in [0.1, 0.15) is 22.6 Å². The van der Waals surface area contributed by atoms with Gasteiger partial charge in [-0.05, 0) is 39.0 Å². The number of aryl methyl sites for hydroxylation is 3. The summed E-state index contributed by atoms with van der Waals surface area (Å²) in [5, 5.41) is 0. The Hall–Kier alpha value is -1.74. The number of aromatic nitrogens is 2. The normalized spacial score (nSPS) is 10.6. The Morgan fingerprint density at radius 2 is 1.59 bits per heavy atom. The Bertz CT molecular complexity index is 527. The summed E-state index contributed by atoms with van der Waals surface area (Å²) in [4.78, 5) is 8.75. The standard InChI is InChI=1S/C14H17N3/c1-9-4-10(2)6-12(5-9)14-7-13(8-15)16-11(3)17-14/h4-7H,8,15H2,1-3H3. The first-order valence-corrected chi connectivity index (χ1v) is 5.72. The van der Waals surface area contributed by atoms with E-state index in [4.69, 9.17) is 5.73 Å². The first-order valence-electron chi connectivity index (χ1n) is 5.72. The summed E-state index contributed by atoms with van der Waals surface area (Å²) in [7, 11) is 0. The van der Waals surface area contributed by atoms with E-state index in [2.05, 4.69) is 42.0 Å². The minimum Gasteiger partial charge on any atom is -0.325 e. The average Bonchev–Trinajstić information content (AvgIpc) is 2.26. The highest BCUT2D eigenvalue weighted by Crippen LogP contribution is 2.21. The second-order valence-electron chi connectivity index (χ2n) is 4.37. The number of nitrogens with two attached hydrogens (primary N) is 1. The molecule has 3 nitrogen and oxygen atoms in total. The van der Waals surface area contributed by atoms with Crippen LogP contribution in [-0.2, 0) is 6.54 Å². The first-order chi connectivity index (χ1) is 8.08. The fraction of sp³-hybridized carbons (Fsp3) is 0.286. The fourth-order valence-electron chi connectivity index (χ4n) is 2.00. The fourth-order valence-corrected chi connectivity index (χ4v) is 2.00. The van der Waals surface area contributed by atoms with Crippen LogP contribution in [0.2, 0.25) is 0 Å². The monoisotopic (exact) mass is 227 g/mol. The highest BCUT2D eigenvalue weighted by atomic mass is 14.9. The van der Waals surface area contributed by atoms with Crippen molar-refractivity contribution in [1.82, 2.24) is 9.97 Å². The summed E-state index contributed by atoms with van der Waals surface area (Å²) >= 11 is 0. The Kier molecular flexibility index (Phi) is 3.20. The lowest BCUT2D eigenvalue weighted by molar-refractivity contribution is 0.929. The molecule has 0 aliphatic carbocycles. The summed E-state index contributed by atoms with van der Waals surface area (Å²) < 4.78 is 0. The van der Waals surface area contributed by atoms with Crippen molar-refractivity contribution < 1.29 is 0 Å². The molecule has 2 N–H and O–H groups in total. The SMILES string of the molecule is Cc1cc(C)cc(-c2cc(CN)nc(C)n2)c1. The Morgan fingerprint density at radius 3 is 2.18 bits per heavy atom. The van der Waals surface area contributed by atoms with E-state index in [9.17, 15) is 0 Å². The Balaban J connectivity index is 2.55. The van der Waals surface area contributed by atoms with Crippen LogP contribution in [0.4, 0.5) is 0 Å². The third kappa shape index (κ3) is 2.68. The molecule has 0 saturated carbocycles. The lowest BCUT2D eigenvalue weighted by Crippen LogP contribution is -2.03. The van der Waals surface area contributed by atoms with Gasteiger partial charge in [-0.15, -0.1) is 0 Å². The van der Waals surface area contributed by atoms with Crippen LogP contribution in [0.25, 0.3) is 11.3 Å². The lowest BCUT2D eigenvalue weighted by atomic mass is 10.0. The minimum absolute atomic E-state index is 0.446. The van der Waals surface area contributed by atoms with Gasteiger partial charge in [-0.2, -0.15) is 0 Å². The van der Waals surface area contributed by atoms with Gasteiger partial charge in [0.05, 0.1) is 11.4 Å². The van der Waals surface area contributed by atoms with Gasteiger partial charge in [-0.25, -0.2) is 9.97 Å². The number of nitrogens with zero attached hydrogens (tertiary/aromatic N) is 2. The van der Waals surface area contributed by atoms with Crippen molar-refractivity contribution in [1.29, 1.82) is 0 Å². The molecular weight excluding hydrogens is 210 g/mol. The van der Waals surface area contributed by atoms with Gasteiger partial charge in [-0.1, -0.05) is 17.2 Å². The van der Waals surface area contributed by atoms with Crippen molar-refractivity contribution in [3.05, 3.63) is 46.9 Å². The zero-order valence-corrected chi connectivity index (χ0v) is 10.5. The van der Waals surface area contributed by atoms with Crippen molar-refractivity contribution in [2.75, 3.05) is 0 Å². The summed E-state index contributed by atoms with van der Waals surface area (Å²) in [6.45, 7) is 6.52. The predicted molar refractivity (Wildman–Crippen MR) is 69.6 cm³/mol. The molecule has 2 aromatic rings. The number of rotatable bonds is 2. The maximum atomic E-state index is 5.64. The average molecular weight is 227 g/mol. The van der Waals surface area contributed by atoms with E-state index in [0.717, 1.165) is 22.8 Å². The largest absolute Gasteiger partial charge is 0.325 e. The third-order valence-corrected chi connectivity index (χ3v) is 2.62. The van der Waals surface area contributed by atoms with Crippen LogP contribution in [-0.4, -0.2) is 9.97 Å². The molecule has 0 spiro atoms. The third-order valence-electron chi connectivity index (χ3n) is 2.62. The maximum Gasteiger partial charge on any atom is 0.126 e. The van der Waals surface area contributed by atoms with Gasteiger partial charge in [-0.3, -0.25) is 0 Å². The zero-order chi connectivity index (χ0) is 12.4. The number of hydrogen-bond acceptors (Lipinski definition) is 3. The van der Waals surface area contributed by atoms with E-state index < -0.39 is 0 Å². The molecule has 1 aromatic heterocycles. The molecule has 3 heteroatoms. The smallest absolute Gasteiger partial charge is 0.126 e. The molecule has 0 saturated heterocycles. The molecular formula is C14H17N3. The van der Waals surface area contributed by atoms with Crippen LogP contribution in [0, 0.1) is 20.8 Å². The topological polar surface area (TPSA) is 51.8 Å². The number of hydrogen-bond donors (Lipinski definition) is 1. The second-order valence-corrected chi connectivity index (χ2v) is 4.37. The summed E-state index contributed by atoms with van der Waals surface area (Å²) in [6.07, 6.45) is 0. The van der Waals surface area contributed by atoms with Gasteiger partial charge in [0, 0.05) is 12.1 Å². The first kappa shape index (κ1) is 11.7. The Labute approximate surface area is 102 Å². The summed E-state index contributed by atoms with van der Waals surface area (Å²) in [5.74, 6) is 0.766. The van der Waals surface area contributed by atoms with Crippen molar-refractivity contribution in [2.45, 2.75) is 27.3 Å². The van der Waals surface area contributed by atoms with E-state index in [0.29, 0.717) is 6.54 Å². The van der Waals surface area contributed by atoms with E-state index in [1.165, 1.54) is 11.1 Å². The van der Waals surface area contributed by atoms with Crippen molar-refractivity contribution in [2.24, 2.45) is 5.73 Å². The molecule has 0 fully saturated rings. The molecule has 17 heavy (non-hydrogen) atoms. The van der Waals surface area contributed by atoms with Crippen LogP contribution in [0.3, 0.4) is 0 Å². The molecule has 2 rings (SSSR count). The Morgan fingerprint density at radius 1 is 0.941 bits per heavy atom. The lowest BCUT2D eigenvalue weighted by Gasteiger charge is -2.07. The van der Waals surface area contributed by atoms with E-state index >= 15 is 0 Å². The molecule has 0 atom stereocenters. The molecule has 88 valence electrons. The summed E-state index contributed by atoms with van der Waals surface area (Å²) in [6, 6.07) is 8.38. The van der Waals surface area contributed by atoms with Crippen molar-refractivity contribution >= 4 is 0 Å². The van der Waals surface area contributed by atoms with E-state index in [1.54, 1.807) is 0 Å². The second kappa shape index (κ2) is 4.63. The zero-order valence-electron chi connectivity index (χ0n) is 10.5. The molecule has 0 aliphatic rings. The highest BCUT2D eigenvalue weighted by Gasteiger charge is 2.04. The van der Waals surface area contributed by atoms with Gasteiger partial charge >= 0.3 is 0 Å². The van der Waals surface area contributed by atoms with E-state index in [-0.39, 0.29) is 0 Å². The van der Waals surface area contributed by atoms with Crippen LogP contribution in [0.15, 0.2) is 24.3 Å². The molecule has 0 aliphatic heterocycles. The van der Waals surface area contributed by atoms with Crippen LogP contribution in [0.5, 0.6) is 0 Å². The van der Waals surface area contributed by atoms with Crippen LogP contribution >= 0.6 is 0 Å². The predicted octanol–water partition coefficient (Wildman–Crippen LogP) is 2.53. The van der Waals surface area contributed by atoms with Gasteiger partial charge < -0.3 is 5.73 Å². The molecule has 0 radical (unpaired) electrons. The van der Waals surface area contributed by atoms with Gasteiger partial charge in [0.15, 0.2) is 0 Å². The quantitative estimate of drug-likeness (QED) is 0.857.